The number of hydrogen-bond acceptors (Lipinski definition) is 5. The van der Waals surface area contributed by atoms with Crippen LogP contribution in [0.15, 0.2) is 53.6 Å². The number of aromatic nitrogens is 5. The molecule has 0 radical (unpaired) electrons. The van der Waals surface area contributed by atoms with Crippen molar-refractivity contribution in [2.24, 2.45) is 5.10 Å². The van der Waals surface area contributed by atoms with Crippen LogP contribution in [-0.4, -0.2) is 37.7 Å². The lowest BCUT2D eigenvalue weighted by atomic mass is 10.2. The molecule has 0 unspecified atom stereocenters. The van der Waals surface area contributed by atoms with Gasteiger partial charge in [-0.1, -0.05) is 12.1 Å². The first-order chi connectivity index (χ1) is 13.7. The summed E-state index contributed by atoms with van der Waals surface area (Å²) in [6.07, 6.45) is 2.43. The van der Waals surface area contributed by atoms with Gasteiger partial charge in [0.05, 0.1) is 24.4 Å². The third kappa shape index (κ3) is 3.59. The van der Waals surface area contributed by atoms with Crippen LogP contribution in [0.5, 0.6) is 5.75 Å². The first kappa shape index (κ1) is 18.1. The second-order valence-corrected chi connectivity index (χ2v) is 6.71. The number of fused-ring (bicyclic) bond motifs is 1. The van der Waals surface area contributed by atoms with E-state index in [2.05, 4.69) is 30.9 Å². The molecule has 28 heavy (non-hydrogen) atoms. The van der Waals surface area contributed by atoms with Crippen LogP contribution in [0.2, 0.25) is 0 Å². The van der Waals surface area contributed by atoms with Crippen LogP contribution in [0.3, 0.4) is 0 Å². The quantitative estimate of drug-likeness (QED) is 0.401. The molecule has 0 aliphatic heterocycles. The average molecular weight is 392 g/mol. The van der Waals surface area contributed by atoms with Gasteiger partial charge in [0, 0.05) is 13.0 Å². The normalized spacial score (nSPS) is 11.5. The minimum absolute atomic E-state index is 0.465. The molecule has 142 valence electrons. The number of nitrogens with zero attached hydrogens (tertiary/aromatic N) is 5. The summed E-state index contributed by atoms with van der Waals surface area (Å²) in [6, 6.07) is 15.8. The molecule has 7 nitrogen and oxygen atoms in total. The fraction of sp³-hybridized carbons (Fsp3) is 0.200. The highest BCUT2D eigenvalue weighted by molar-refractivity contribution is 7.71. The van der Waals surface area contributed by atoms with E-state index in [0.717, 1.165) is 40.5 Å². The number of nitrogens with one attached hydrogen (secondary N) is 1. The first-order valence-electron chi connectivity index (χ1n) is 8.92. The van der Waals surface area contributed by atoms with Gasteiger partial charge in [-0.2, -0.15) is 14.9 Å². The third-order valence-corrected chi connectivity index (χ3v) is 4.82. The van der Waals surface area contributed by atoms with Crippen molar-refractivity contribution in [3.8, 4) is 5.75 Å². The topological polar surface area (TPSA) is 73.0 Å². The zero-order valence-corrected chi connectivity index (χ0v) is 16.5. The average Bonchev–Trinajstić information content (AvgIpc) is 3.23. The summed E-state index contributed by atoms with van der Waals surface area (Å²) in [5.41, 5.74) is 3.06. The molecule has 8 heteroatoms. The predicted molar refractivity (Wildman–Crippen MR) is 112 cm³/mol. The van der Waals surface area contributed by atoms with Crippen molar-refractivity contribution in [1.29, 1.82) is 0 Å². The van der Waals surface area contributed by atoms with E-state index in [1.165, 1.54) is 0 Å². The zero-order chi connectivity index (χ0) is 19.5. The monoisotopic (exact) mass is 392 g/mol. The molecule has 2 heterocycles. The molecule has 0 spiro atoms. The summed E-state index contributed by atoms with van der Waals surface area (Å²) in [4.78, 5) is 4.61. The summed E-state index contributed by atoms with van der Waals surface area (Å²) >= 11 is 5.34. The van der Waals surface area contributed by atoms with Crippen LogP contribution in [0.4, 0.5) is 0 Å². The van der Waals surface area contributed by atoms with E-state index in [4.69, 9.17) is 17.0 Å². The van der Waals surface area contributed by atoms with Crippen LogP contribution in [0.25, 0.3) is 11.0 Å². The largest absolute Gasteiger partial charge is 0.497 e. The minimum Gasteiger partial charge on any atom is -0.497 e. The van der Waals surface area contributed by atoms with Crippen LogP contribution in [-0.2, 0) is 13.0 Å². The van der Waals surface area contributed by atoms with E-state index in [9.17, 15) is 0 Å². The number of para-hydroxylation sites is 2. The molecular formula is C20H20N6OS. The lowest BCUT2D eigenvalue weighted by Gasteiger charge is -2.06. The van der Waals surface area contributed by atoms with Crippen LogP contribution >= 0.6 is 12.2 Å². The third-order valence-electron chi connectivity index (χ3n) is 4.56. The molecule has 2 aromatic carbocycles. The molecular weight excluding hydrogens is 372 g/mol. The molecule has 0 atom stereocenters. The van der Waals surface area contributed by atoms with Crippen molar-refractivity contribution in [3.63, 3.8) is 0 Å². The van der Waals surface area contributed by atoms with Gasteiger partial charge in [-0.25, -0.2) is 4.98 Å². The van der Waals surface area contributed by atoms with E-state index in [1.54, 1.807) is 18.0 Å². The van der Waals surface area contributed by atoms with Gasteiger partial charge in [0.2, 0.25) is 4.77 Å². The molecule has 0 fully saturated rings. The van der Waals surface area contributed by atoms with Crippen molar-refractivity contribution >= 4 is 29.5 Å². The van der Waals surface area contributed by atoms with E-state index >= 15 is 0 Å². The molecule has 0 saturated carbocycles. The van der Waals surface area contributed by atoms with Gasteiger partial charge in [-0.3, -0.25) is 5.10 Å². The highest BCUT2D eigenvalue weighted by Gasteiger charge is 2.10. The van der Waals surface area contributed by atoms with Gasteiger partial charge in [-0.05, 0) is 61.1 Å². The second-order valence-electron chi connectivity index (χ2n) is 6.32. The number of aromatic amines is 1. The van der Waals surface area contributed by atoms with Gasteiger partial charge < -0.3 is 9.30 Å². The van der Waals surface area contributed by atoms with Gasteiger partial charge in [-0.15, -0.1) is 0 Å². The number of hydrogen-bond donors (Lipinski definition) is 1. The summed E-state index contributed by atoms with van der Waals surface area (Å²) < 4.78 is 9.49. The van der Waals surface area contributed by atoms with Gasteiger partial charge in [0.1, 0.15) is 11.6 Å². The van der Waals surface area contributed by atoms with E-state index in [-0.39, 0.29) is 0 Å². The Morgan fingerprint density at radius 3 is 2.75 bits per heavy atom. The molecule has 0 aliphatic carbocycles. The van der Waals surface area contributed by atoms with E-state index < -0.39 is 0 Å². The Labute approximate surface area is 167 Å². The van der Waals surface area contributed by atoms with Crippen molar-refractivity contribution in [1.82, 2.24) is 24.4 Å². The lowest BCUT2D eigenvalue weighted by Crippen LogP contribution is -2.07. The SMILES string of the molecule is COc1ccc(/C=N\n2c(CCn3c(C)nc4ccccc43)n[nH]c2=S)cc1. The Bertz CT molecular complexity index is 1190. The summed E-state index contributed by atoms with van der Waals surface area (Å²) in [6.45, 7) is 2.75. The van der Waals surface area contributed by atoms with Gasteiger partial charge in [0.15, 0.2) is 5.82 Å². The van der Waals surface area contributed by atoms with Crippen molar-refractivity contribution < 1.29 is 4.74 Å². The van der Waals surface area contributed by atoms with Gasteiger partial charge in [0.25, 0.3) is 0 Å². The summed E-state index contributed by atoms with van der Waals surface area (Å²) in [5.74, 6) is 2.55. The number of H-pyrrole nitrogens is 1. The number of imidazole rings is 1. The summed E-state index contributed by atoms with van der Waals surface area (Å²) in [7, 11) is 1.64. The Balaban J connectivity index is 1.55. The highest BCUT2D eigenvalue weighted by atomic mass is 32.1. The van der Waals surface area contributed by atoms with Crippen molar-refractivity contribution in [2.75, 3.05) is 7.11 Å². The number of benzene rings is 2. The molecule has 0 aliphatic rings. The molecule has 2 aromatic heterocycles. The fourth-order valence-electron chi connectivity index (χ4n) is 3.11. The molecule has 4 aromatic rings. The first-order valence-corrected chi connectivity index (χ1v) is 9.33. The molecule has 0 saturated heterocycles. The predicted octanol–water partition coefficient (Wildman–Crippen LogP) is 3.73. The Morgan fingerprint density at radius 1 is 1.18 bits per heavy atom. The molecule has 4 rings (SSSR count). The van der Waals surface area contributed by atoms with Crippen LogP contribution in [0, 0.1) is 11.7 Å². The van der Waals surface area contributed by atoms with Crippen LogP contribution < -0.4 is 4.74 Å². The van der Waals surface area contributed by atoms with E-state index in [1.807, 2.05) is 49.4 Å². The second kappa shape index (κ2) is 7.77. The number of rotatable bonds is 6. The lowest BCUT2D eigenvalue weighted by molar-refractivity contribution is 0.415. The summed E-state index contributed by atoms with van der Waals surface area (Å²) in [5, 5.41) is 11.7. The molecule has 0 amide bonds. The van der Waals surface area contributed by atoms with Crippen molar-refractivity contribution in [3.05, 3.63) is 70.5 Å². The number of aryl methyl sites for hydroxylation is 3. The Morgan fingerprint density at radius 2 is 1.96 bits per heavy atom. The highest BCUT2D eigenvalue weighted by Crippen LogP contribution is 2.16. The molecule has 0 bridgehead atoms. The van der Waals surface area contributed by atoms with E-state index in [0.29, 0.717) is 11.2 Å². The van der Waals surface area contributed by atoms with Gasteiger partial charge >= 0.3 is 0 Å². The van der Waals surface area contributed by atoms with Crippen LogP contribution in [0.1, 0.15) is 17.2 Å². The fourth-order valence-corrected chi connectivity index (χ4v) is 3.31. The smallest absolute Gasteiger partial charge is 0.216 e. The Kier molecular flexibility index (Phi) is 5.03. The standard InChI is InChI=1S/C20H20N6OS/c1-14-22-17-5-3-4-6-18(17)25(14)12-11-19-23-24-20(28)26(19)21-13-15-7-9-16(27-2)10-8-15/h3-10,13H,11-12H2,1-2H3,(H,24,28)/b21-13-. The minimum atomic E-state index is 0.465. The molecule has 1 N–H and O–H groups in total. The number of methoxy groups -OCH3 is 1. The number of ether oxygens (including phenoxy) is 1. The maximum absolute atomic E-state index is 5.34. The maximum Gasteiger partial charge on any atom is 0.216 e. The van der Waals surface area contributed by atoms with Crippen molar-refractivity contribution in [2.45, 2.75) is 19.9 Å². The zero-order valence-electron chi connectivity index (χ0n) is 15.7. The Hall–Kier alpha value is -3.26. The maximum atomic E-state index is 5.34.